The minimum absolute atomic E-state index is 0.146. The Balaban J connectivity index is 4.78. The SMILES string of the molecule is CC/C=C(C)/C=C/CCC(CC=N/C=C\SC)OC(=O)/C=C\C=C(/C)CC(C)OC(=O)CCCCC. The Morgan fingerprint density at radius 3 is 2.56 bits per heavy atom. The fourth-order valence-corrected chi connectivity index (χ4v) is 3.55. The van der Waals surface area contributed by atoms with Gasteiger partial charge in [-0.25, -0.2) is 4.79 Å². The lowest BCUT2D eigenvalue weighted by molar-refractivity contribution is -0.148. The van der Waals surface area contributed by atoms with Crippen molar-refractivity contribution in [3.63, 3.8) is 0 Å². The number of unbranched alkanes of at least 4 members (excludes halogenated alkanes) is 2. The molecule has 0 aromatic heterocycles. The molecule has 0 saturated carbocycles. The fourth-order valence-electron chi connectivity index (χ4n) is 3.36. The first-order valence-corrected chi connectivity index (χ1v) is 14.4. The van der Waals surface area contributed by atoms with Crippen LogP contribution in [0.1, 0.15) is 92.4 Å². The molecule has 6 heteroatoms. The van der Waals surface area contributed by atoms with Crippen LogP contribution in [0.4, 0.5) is 0 Å². The normalized spacial score (nSPS) is 14.8. The van der Waals surface area contributed by atoms with Crippen molar-refractivity contribution < 1.29 is 19.1 Å². The van der Waals surface area contributed by atoms with Crippen LogP contribution in [0.5, 0.6) is 0 Å². The molecule has 0 rings (SSSR count). The zero-order valence-electron chi connectivity index (χ0n) is 23.2. The fraction of sp³-hybridized carbons (Fsp3) is 0.567. The molecule has 0 heterocycles. The van der Waals surface area contributed by atoms with Gasteiger partial charge in [0.25, 0.3) is 0 Å². The van der Waals surface area contributed by atoms with E-state index in [0.29, 0.717) is 19.3 Å². The van der Waals surface area contributed by atoms with Crippen LogP contribution in [0.2, 0.25) is 0 Å². The molecule has 0 bridgehead atoms. The summed E-state index contributed by atoms with van der Waals surface area (Å²) in [5, 5.41) is 1.90. The van der Waals surface area contributed by atoms with Gasteiger partial charge in [0.15, 0.2) is 0 Å². The smallest absolute Gasteiger partial charge is 0.331 e. The third kappa shape index (κ3) is 21.0. The second-order valence-electron chi connectivity index (χ2n) is 8.82. The van der Waals surface area contributed by atoms with E-state index in [1.54, 1.807) is 30.3 Å². The number of hydrogen-bond acceptors (Lipinski definition) is 6. The van der Waals surface area contributed by atoms with Crippen LogP contribution < -0.4 is 0 Å². The molecule has 202 valence electrons. The molecule has 5 nitrogen and oxygen atoms in total. The summed E-state index contributed by atoms with van der Waals surface area (Å²) in [7, 11) is 0. The van der Waals surface area contributed by atoms with Crippen LogP contribution in [-0.2, 0) is 19.1 Å². The van der Waals surface area contributed by atoms with Crippen LogP contribution in [0.3, 0.4) is 0 Å². The molecule has 0 aliphatic heterocycles. The van der Waals surface area contributed by atoms with E-state index in [-0.39, 0.29) is 24.1 Å². The lowest BCUT2D eigenvalue weighted by Crippen LogP contribution is -2.17. The maximum atomic E-state index is 12.4. The number of aliphatic imine (C=N–C) groups is 1. The number of carbonyl (C=O) groups is 2. The number of hydrogen-bond donors (Lipinski definition) is 0. The standard InChI is InChI=1S/C30H47NO4S/c1-7-9-10-18-29(32)34-27(5)24-26(4)16-13-19-30(33)35-28(20-21-31-22-23-36-6)17-12-11-15-25(3)14-8-2/h11,13-16,19,21-23,27-28H,7-10,12,17-18,20,24H2,1-6H3/b15-11+,19-13-,23-22-,25-14+,26-16+,31-21?. The van der Waals surface area contributed by atoms with Crippen LogP contribution in [0.15, 0.2) is 64.2 Å². The molecule has 0 aliphatic carbocycles. The van der Waals surface area contributed by atoms with Crippen LogP contribution in [0.25, 0.3) is 0 Å². The van der Waals surface area contributed by atoms with E-state index in [1.165, 1.54) is 11.6 Å². The molecular formula is C30H47NO4S. The predicted octanol–water partition coefficient (Wildman–Crippen LogP) is 8.29. The number of nitrogens with zero attached hydrogens (tertiary/aromatic N) is 1. The molecular weight excluding hydrogens is 470 g/mol. The zero-order valence-corrected chi connectivity index (χ0v) is 24.0. The van der Waals surface area contributed by atoms with E-state index in [9.17, 15) is 9.59 Å². The van der Waals surface area contributed by atoms with Gasteiger partial charge >= 0.3 is 11.9 Å². The summed E-state index contributed by atoms with van der Waals surface area (Å²) < 4.78 is 11.1. The highest BCUT2D eigenvalue weighted by Crippen LogP contribution is 2.12. The number of ether oxygens (including phenoxy) is 2. The van der Waals surface area contributed by atoms with E-state index in [1.807, 2.05) is 31.6 Å². The lowest BCUT2D eigenvalue weighted by Gasteiger charge is -2.14. The Kier molecular flexibility index (Phi) is 21.6. The molecule has 0 aromatic carbocycles. The van der Waals surface area contributed by atoms with Gasteiger partial charge < -0.3 is 9.47 Å². The average Bonchev–Trinajstić information content (AvgIpc) is 2.81. The molecule has 0 radical (unpaired) electrons. The van der Waals surface area contributed by atoms with Gasteiger partial charge in [-0.2, -0.15) is 0 Å². The van der Waals surface area contributed by atoms with Crippen molar-refractivity contribution in [3.05, 3.63) is 59.2 Å². The van der Waals surface area contributed by atoms with E-state index in [0.717, 1.165) is 44.1 Å². The Bertz CT molecular complexity index is 793. The monoisotopic (exact) mass is 517 g/mol. The van der Waals surface area contributed by atoms with Gasteiger partial charge in [-0.3, -0.25) is 9.79 Å². The first-order chi connectivity index (χ1) is 17.3. The third-order valence-electron chi connectivity index (χ3n) is 5.14. The minimum Gasteiger partial charge on any atom is -0.462 e. The van der Waals surface area contributed by atoms with Gasteiger partial charge in [0.2, 0.25) is 0 Å². The van der Waals surface area contributed by atoms with Crippen molar-refractivity contribution in [1.29, 1.82) is 0 Å². The molecule has 0 spiro atoms. The molecule has 0 amide bonds. The largest absolute Gasteiger partial charge is 0.462 e. The van der Waals surface area contributed by atoms with Crippen LogP contribution >= 0.6 is 11.8 Å². The number of allylic oxidation sites excluding steroid dienone is 6. The van der Waals surface area contributed by atoms with Crippen molar-refractivity contribution in [1.82, 2.24) is 0 Å². The molecule has 0 aromatic rings. The molecule has 36 heavy (non-hydrogen) atoms. The molecule has 0 fully saturated rings. The Hall–Kier alpha value is -2.34. The van der Waals surface area contributed by atoms with Gasteiger partial charge in [0.05, 0.1) is 0 Å². The average molecular weight is 518 g/mol. The first kappa shape index (κ1) is 33.7. The molecule has 0 aliphatic rings. The van der Waals surface area contributed by atoms with Crippen molar-refractivity contribution in [3.8, 4) is 0 Å². The van der Waals surface area contributed by atoms with Crippen LogP contribution in [-0.4, -0.2) is 36.6 Å². The van der Waals surface area contributed by atoms with E-state index in [2.05, 4.69) is 44.0 Å². The molecule has 2 atom stereocenters. The summed E-state index contributed by atoms with van der Waals surface area (Å²) in [5.74, 6) is -0.522. The maximum Gasteiger partial charge on any atom is 0.331 e. The number of esters is 2. The van der Waals surface area contributed by atoms with Gasteiger partial charge in [0, 0.05) is 37.8 Å². The Labute approximate surface area is 223 Å². The van der Waals surface area contributed by atoms with Gasteiger partial charge in [-0.15, -0.1) is 11.8 Å². The highest BCUT2D eigenvalue weighted by molar-refractivity contribution is 8.01. The molecule has 2 unspecified atom stereocenters. The second kappa shape index (κ2) is 23.1. The number of carbonyl (C=O) groups excluding carboxylic acids is 2. The Morgan fingerprint density at radius 2 is 1.86 bits per heavy atom. The number of rotatable bonds is 19. The highest BCUT2D eigenvalue weighted by Gasteiger charge is 2.11. The predicted molar refractivity (Wildman–Crippen MR) is 155 cm³/mol. The molecule has 0 saturated heterocycles. The quantitative estimate of drug-likeness (QED) is 0.0567. The van der Waals surface area contributed by atoms with Gasteiger partial charge in [0.1, 0.15) is 12.2 Å². The van der Waals surface area contributed by atoms with E-state index < -0.39 is 0 Å². The van der Waals surface area contributed by atoms with Crippen LogP contribution in [0, 0.1) is 0 Å². The van der Waals surface area contributed by atoms with Crippen molar-refractivity contribution in [2.75, 3.05) is 6.26 Å². The zero-order chi connectivity index (χ0) is 27.0. The third-order valence-corrected chi connectivity index (χ3v) is 5.54. The van der Waals surface area contributed by atoms with E-state index in [4.69, 9.17) is 9.47 Å². The van der Waals surface area contributed by atoms with E-state index >= 15 is 0 Å². The summed E-state index contributed by atoms with van der Waals surface area (Å²) in [5.41, 5.74) is 2.26. The maximum absolute atomic E-state index is 12.4. The van der Waals surface area contributed by atoms with Crippen molar-refractivity contribution in [2.45, 2.75) is 105 Å². The second-order valence-corrected chi connectivity index (χ2v) is 9.56. The highest BCUT2D eigenvalue weighted by atomic mass is 32.2. The summed E-state index contributed by atoms with van der Waals surface area (Å²) in [6.45, 7) is 10.2. The first-order valence-electron chi connectivity index (χ1n) is 13.1. The summed E-state index contributed by atoms with van der Waals surface area (Å²) in [4.78, 5) is 28.5. The summed E-state index contributed by atoms with van der Waals surface area (Å²) >= 11 is 1.58. The minimum atomic E-state index is -0.376. The Morgan fingerprint density at radius 1 is 1.08 bits per heavy atom. The molecule has 0 N–H and O–H groups in total. The van der Waals surface area contributed by atoms with Gasteiger partial charge in [-0.1, -0.05) is 68.2 Å². The number of thioether (sulfide) groups is 1. The van der Waals surface area contributed by atoms with Gasteiger partial charge in [-0.05, 0) is 58.1 Å². The van der Waals surface area contributed by atoms with Crippen molar-refractivity contribution in [2.24, 2.45) is 4.99 Å². The van der Waals surface area contributed by atoms with Crippen molar-refractivity contribution >= 4 is 29.9 Å². The lowest BCUT2D eigenvalue weighted by atomic mass is 10.1. The summed E-state index contributed by atoms with van der Waals surface area (Å²) in [6.07, 6.45) is 23.7. The topological polar surface area (TPSA) is 65.0 Å². The summed E-state index contributed by atoms with van der Waals surface area (Å²) in [6, 6.07) is 0.